The molecule has 3 heterocycles. The lowest BCUT2D eigenvalue weighted by atomic mass is 10.2. The number of rotatable bonds is 6. The number of aromatic nitrogens is 3. The van der Waals surface area contributed by atoms with Crippen LogP contribution in [-0.4, -0.2) is 26.7 Å². The highest BCUT2D eigenvalue weighted by atomic mass is 32.1. The molecule has 3 aromatic heterocycles. The largest absolute Gasteiger partial charge is 0.339 e. The van der Waals surface area contributed by atoms with E-state index in [2.05, 4.69) is 15.1 Å². The van der Waals surface area contributed by atoms with Crippen LogP contribution in [0.5, 0.6) is 0 Å². The zero-order valence-electron chi connectivity index (χ0n) is 14.3. The maximum atomic E-state index is 12.5. The Morgan fingerprint density at radius 2 is 2.20 bits per heavy atom. The van der Waals surface area contributed by atoms with Crippen molar-refractivity contribution in [3.8, 4) is 10.7 Å². The van der Waals surface area contributed by atoms with Crippen LogP contribution in [0.25, 0.3) is 10.7 Å². The van der Waals surface area contributed by atoms with Gasteiger partial charge in [0.25, 0.3) is 0 Å². The number of carbonyl (C=O) groups is 1. The van der Waals surface area contributed by atoms with Crippen molar-refractivity contribution in [2.75, 3.05) is 0 Å². The highest BCUT2D eigenvalue weighted by Crippen LogP contribution is 2.21. The molecule has 0 fully saturated rings. The van der Waals surface area contributed by atoms with Gasteiger partial charge in [0.15, 0.2) is 0 Å². The molecule has 0 spiro atoms. The zero-order chi connectivity index (χ0) is 17.6. The second-order valence-electron chi connectivity index (χ2n) is 5.89. The summed E-state index contributed by atoms with van der Waals surface area (Å²) in [5.74, 6) is 1.17. The Balaban J connectivity index is 1.60. The van der Waals surface area contributed by atoms with E-state index in [-0.39, 0.29) is 11.9 Å². The second-order valence-corrected chi connectivity index (χ2v) is 6.84. The van der Waals surface area contributed by atoms with Crippen LogP contribution in [0.2, 0.25) is 0 Å². The van der Waals surface area contributed by atoms with Gasteiger partial charge in [-0.1, -0.05) is 17.3 Å². The summed E-state index contributed by atoms with van der Waals surface area (Å²) in [6, 6.07) is 9.61. The number of pyridine rings is 1. The molecule has 0 N–H and O–H groups in total. The Bertz CT molecular complexity index is 894. The molecular weight excluding hydrogens is 336 g/mol. The first-order valence-electron chi connectivity index (χ1n) is 8.24. The summed E-state index contributed by atoms with van der Waals surface area (Å²) in [6.45, 7) is 3.98. The third kappa shape index (κ3) is 4.51. The van der Waals surface area contributed by atoms with E-state index >= 15 is 0 Å². The van der Waals surface area contributed by atoms with Gasteiger partial charge in [0.05, 0.1) is 4.88 Å². The van der Waals surface area contributed by atoms with Crippen molar-refractivity contribution < 1.29 is 9.32 Å². The maximum absolute atomic E-state index is 12.5. The highest BCUT2D eigenvalue weighted by molar-refractivity contribution is 7.13. The van der Waals surface area contributed by atoms with Crippen molar-refractivity contribution >= 4 is 17.2 Å². The van der Waals surface area contributed by atoms with E-state index in [1.165, 1.54) is 0 Å². The van der Waals surface area contributed by atoms with E-state index in [4.69, 9.17) is 4.52 Å². The minimum Gasteiger partial charge on any atom is -0.339 e. The molecule has 0 aliphatic rings. The van der Waals surface area contributed by atoms with E-state index in [0.29, 0.717) is 36.5 Å². The van der Waals surface area contributed by atoms with Gasteiger partial charge in [-0.3, -0.25) is 14.4 Å². The first-order chi connectivity index (χ1) is 12.1. The fraction of sp³-hybridized carbons (Fsp3) is 0.333. The second kappa shape index (κ2) is 8.02. The molecule has 0 atom stereocenters. The molecule has 25 heavy (non-hydrogen) atoms. The van der Waals surface area contributed by atoms with Gasteiger partial charge in [-0.25, -0.2) is 0 Å². The quantitative estimate of drug-likeness (QED) is 0.677. The van der Waals surface area contributed by atoms with E-state index in [1.54, 1.807) is 22.1 Å². The van der Waals surface area contributed by atoms with Gasteiger partial charge >= 0.3 is 0 Å². The number of aryl methyl sites for hydroxylation is 1. The fourth-order valence-corrected chi connectivity index (χ4v) is 3.04. The predicted molar refractivity (Wildman–Crippen MR) is 96.3 cm³/mol. The van der Waals surface area contributed by atoms with Crippen molar-refractivity contribution in [2.24, 2.45) is 4.99 Å². The molecule has 0 bridgehead atoms. The monoisotopic (exact) mass is 356 g/mol. The third-order valence-electron chi connectivity index (χ3n) is 3.49. The molecule has 7 heteroatoms. The van der Waals surface area contributed by atoms with E-state index in [1.807, 2.05) is 49.6 Å². The van der Waals surface area contributed by atoms with Gasteiger partial charge in [0, 0.05) is 25.1 Å². The summed E-state index contributed by atoms with van der Waals surface area (Å²) in [6.07, 6.45) is 3.37. The highest BCUT2D eigenvalue weighted by Gasteiger charge is 2.11. The SMILES string of the molecule is CC(C)N=c1ccccn1C(=O)CCCc1nc(-c2cccs2)no1. The minimum atomic E-state index is 0.0120. The third-order valence-corrected chi connectivity index (χ3v) is 4.35. The molecule has 0 unspecified atom stereocenters. The number of hydrogen-bond donors (Lipinski definition) is 0. The number of nitrogens with zero attached hydrogens (tertiary/aromatic N) is 4. The van der Waals surface area contributed by atoms with Crippen LogP contribution in [0.15, 0.2) is 51.4 Å². The smallest absolute Gasteiger partial charge is 0.232 e. The van der Waals surface area contributed by atoms with Gasteiger partial charge < -0.3 is 4.52 Å². The van der Waals surface area contributed by atoms with E-state index < -0.39 is 0 Å². The molecule has 130 valence electrons. The number of hydrogen-bond acceptors (Lipinski definition) is 6. The van der Waals surface area contributed by atoms with Gasteiger partial charge in [0.2, 0.25) is 17.6 Å². The van der Waals surface area contributed by atoms with Gasteiger partial charge in [-0.15, -0.1) is 11.3 Å². The average Bonchev–Trinajstić information content (AvgIpc) is 3.26. The van der Waals surface area contributed by atoms with E-state index in [9.17, 15) is 4.79 Å². The number of thiophene rings is 1. The van der Waals surface area contributed by atoms with Crippen LogP contribution >= 0.6 is 11.3 Å². The molecule has 3 rings (SSSR count). The summed E-state index contributed by atoms with van der Waals surface area (Å²) in [5.41, 5.74) is 0.681. The molecular formula is C18H20N4O2S. The summed E-state index contributed by atoms with van der Waals surface area (Å²) in [5, 5.41) is 5.95. The summed E-state index contributed by atoms with van der Waals surface area (Å²) < 4.78 is 6.86. The molecule has 6 nitrogen and oxygen atoms in total. The Hall–Kier alpha value is -2.54. The molecule has 0 amide bonds. The first kappa shape index (κ1) is 17.3. The standard InChI is InChI=1S/C18H20N4O2S/c1-13(2)19-15-8-3-4-11-22(15)17(23)10-5-9-16-20-18(21-24-16)14-7-6-12-25-14/h3-4,6-8,11-13H,5,9-10H2,1-2H3. The van der Waals surface area contributed by atoms with Gasteiger partial charge in [-0.2, -0.15) is 4.98 Å². The van der Waals surface area contributed by atoms with Crippen molar-refractivity contribution in [1.82, 2.24) is 14.7 Å². The number of carbonyl (C=O) groups excluding carboxylic acids is 1. The molecule has 3 aromatic rings. The molecule has 0 aliphatic carbocycles. The molecule has 0 aliphatic heterocycles. The minimum absolute atomic E-state index is 0.0120. The zero-order valence-corrected chi connectivity index (χ0v) is 15.1. The van der Waals surface area contributed by atoms with Crippen molar-refractivity contribution in [2.45, 2.75) is 39.2 Å². The topological polar surface area (TPSA) is 73.3 Å². The van der Waals surface area contributed by atoms with Crippen LogP contribution in [-0.2, 0) is 6.42 Å². The van der Waals surface area contributed by atoms with Crippen LogP contribution < -0.4 is 5.49 Å². The van der Waals surface area contributed by atoms with Crippen LogP contribution in [0.1, 0.15) is 37.4 Å². The molecule has 0 saturated heterocycles. The van der Waals surface area contributed by atoms with E-state index in [0.717, 1.165) is 4.88 Å². The average molecular weight is 356 g/mol. The maximum Gasteiger partial charge on any atom is 0.232 e. The lowest BCUT2D eigenvalue weighted by molar-refractivity contribution is 0.0893. The molecule has 0 saturated carbocycles. The normalized spacial score (nSPS) is 12.0. The predicted octanol–water partition coefficient (Wildman–Crippen LogP) is 3.57. The Morgan fingerprint density at radius 1 is 1.32 bits per heavy atom. The summed E-state index contributed by atoms with van der Waals surface area (Å²) >= 11 is 1.57. The molecule has 0 aromatic carbocycles. The van der Waals surface area contributed by atoms with Crippen LogP contribution in [0.4, 0.5) is 0 Å². The lowest BCUT2D eigenvalue weighted by Crippen LogP contribution is -2.27. The van der Waals surface area contributed by atoms with Gasteiger partial charge in [0.1, 0.15) is 5.49 Å². The van der Waals surface area contributed by atoms with Crippen molar-refractivity contribution in [3.05, 3.63) is 53.3 Å². The Morgan fingerprint density at radius 3 is 2.96 bits per heavy atom. The Kier molecular flexibility index (Phi) is 5.55. The van der Waals surface area contributed by atoms with Crippen molar-refractivity contribution in [3.63, 3.8) is 0 Å². The van der Waals surface area contributed by atoms with Crippen LogP contribution in [0, 0.1) is 0 Å². The molecule has 0 radical (unpaired) electrons. The summed E-state index contributed by atoms with van der Waals surface area (Å²) in [4.78, 5) is 22.3. The fourth-order valence-electron chi connectivity index (χ4n) is 2.39. The Labute approximate surface area is 149 Å². The van der Waals surface area contributed by atoms with Crippen LogP contribution in [0.3, 0.4) is 0 Å². The van der Waals surface area contributed by atoms with Gasteiger partial charge in [-0.05, 0) is 43.8 Å². The van der Waals surface area contributed by atoms with Crippen molar-refractivity contribution in [1.29, 1.82) is 0 Å². The summed E-state index contributed by atoms with van der Waals surface area (Å²) in [7, 11) is 0. The lowest BCUT2D eigenvalue weighted by Gasteiger charge is -2.06. The first-order valence-corrected chi connectivity index (χ1v) is 9.12.